The fraction of sp³-hybridized carbons (Fsp3) is 0.0435. The Bertz CT molecular complexity index is 1380. The van der Waals surface area contributed by atoms with Crippen molar-refractivity contribution in [3.8, 4) is 11.1 Å². The average Bonchev–Trinajstić information content (AvgIpc) is 3.18. The van der Waals surface area contributed by atoms with Gasteiger partial charge in [0.25, 0.3) is 0 Å². The van der Waals surface area contributed by atoms with Gasteiger partial charge in [-0.3, -0.25) is 0 Å². The number of aromatic amines is 1. The molecule has 1 aliphatic carbocycles. The van der Waals surface area contributed by atoms with Crippen LogP contribution in [0.3, 0.4) is 0 Å². The minimum atomic E-state index is 0.998. The van der Waals surface area contributed by atoms with Gasteiger partial charge < -0.3 is 4.98 Å². The Labute approximate surface area is 167 Å². The fourth-order valence-electron chi connectivity index (χ4n) is 4.50. The molecule has 0 atom stereocenters. The summed E-state index contributed by atoms with van der Waals surface area (Å²) in [6, 6.07) is 21.8. The van der Waals surface area contributed by atoms with Crippen LogP contribution in [-0.4, -0.2) is 4.98 Å². The summed E-state index contributed by atoms with van der Waals surface area (Å²) >= 11 is 7.76. The van der Waals surface area contributed by atoms with E-state index in [0.29, 0.717) is 0 Å². The van der Waals surface area contributed by atoms with Gasteiger partial charge in [0.05, 0.1) is 0 Å². The van der Waals surface area contributed by atoms with Crippen molar-refractivity contribution in [2.75, 3.05) is 0 Å². The van der Waals surface area contributed by atoms with Crippen molar-refractivity contribution in [1.82, 2.24) is 4.98 Å². The average molecular weight is 463 g/mol. The molecule has 0 bridgehead atoms. The Morgan fingerprint density at radius 2 is 1.46 bits per heavy atom. The van der Waals surface area contributed by atoms with Gasteiger partial charge >= 0.3 is 0 Å². The Hall–Kier alpha value is -2.10. The first-order valence-corrected chi connectivity index (χ1v) is 10.2. The molecule has 0 fully saturated rings. The first-order chi connectivity index (χ1) is 12.7. The molecule has 124 valence electrons. The van der Waals surface area contributed by atoms with E-state index in [9.17, 15) is 0 Å². The summed E-state index contributed by atoms with van der Waals surface area (Å²) in [5, 5.41) is 5.14. The summed E-state index contributed by atoms with van der Waals surface area (Å²) < 4.78 is 2.30. The first-order valence-electron chi connectivity index (χ1n) is 8.64. The van der Waals surface area contributed by atoms with E-state index >= 15 is 0 Å². The monoisotopic (exact) mass is 461 g/mol. The highest BCUT2D eigenvalue weighted by Crippen LogP contribution is 2.49. The highest BCUT2D eigenvalue weighted by molar-refractivity contribution is 9.11. The zero-order chi connectivity index (χ0) is 17.4. The van der Waals surface area contributed by atoms with Crippen LogP contribution in [0.4, 0.5) is 0 Å². The standard InChI is InChI=1S/C23H13Br2N/c24-16-10-13-9-12-5-1-2-6-14(12)20(13)22-17(25)11-19-21(23(16)22)15-7-3-4-8-18(15)26-19/h1-8,10-11,26H,9H2. The Morgan fingerprint density at radius 3 is 2.38 bits per heavy atom. The smallest absolute Gasteiger partial charge is 0.0483 e. The maximum atomic E-state index is 3.89. The molecule has 0 saturated carbocycles. The normalized spacial score (nSPS) is 12.8. The van der Waals surface area contributed by atoms with Crippen LogP contribution in [0.15, 0.2) is 69.6 Å². The van der Waals surface area contributed by atoms with Gasteiger partial charge in [0.15, 0.2) is 0 Å². The number of para-hydroxylation sites is 1. The third-order valence-electron chi connectivity index (χ3n) is 5.52. The van der Waals surface area contributed by atoms with Crippen molar-refractivity contribution < 1.29 is 0 Å². The van der Waals surface area contributed by atoms with E-state index in [1.165, 1.54) is 49.3 Å². The quantitative estimate of drug-likeness (QED) is 0.239. The summed E-state index contributed by atoms with van der Waals surface area (Å²) in [6.45, 7) is 0. The minimum absolute atomic E-state index is 0.998. The van der Waals surface area contributed by atoms with Crippen molar-refractivity contribution in [2.24, 2.45) is 0 Å². The van der Waals surface area contributed by atoms with Gasteiger partial charge in [-0.05, 0) is 46.9 Å². The largest absolute Gasteiger partial charge is 0.354 e. The second kappa shape index (κ2) is 5.21. The second-order valence-corrected chi connectivity index (χ2v) is 8.64. The van der Waals surface area contributed by atoms with Gasteiger partial charge in [0.1, 0.15) is 0 Å². The van der Waals surface area contributed by atoms with E-state index in [-0.39, 0.29) is 0 Å². The zero-order valence-electron chi connectivity index (χ0n) is 13.7. The number of nitrogens with one attached hydrogen (secondary N) is 1. The lowest BCUT2D eigenvalue weighted by atomic mass is 9.95. The van der Waals surface area contributed by atoms with Crippen LogP contribution in [-0.2, 0) is 6.42 Å². The Morgan fingerprint density at radius 1 is 0.692 bits per heavy atom. The summed E-state index contributed by atoms with van der Waals surface area (Å²) in [5.41, 5.74) is 7.88. The van der Waals surface area contributed by atoms with Crippen LogP contribution in [0.5, 0.6) is 0 Å². The maximum Gasteiger partial charge on any atom is 0.0483 e. The predicted octanol–water partition coefficient (Wildman–Crippen LogP) is 7.57. The molecule has 1 heterocycles. The molecule has 3 heteroatoms. The lowest BCUT2D eigenvalue weighted by Gasteiger charge is -2.13. The van der Waals surface area contributed by atoms with Gasteiger partial charge in [-0.15, -0.1) is 0 Å². The molecule has 5 aromatic rings. The molecule has 1 aliphatic rings. The van der Waals surface area contributed by atoms with Crippen LogP contribution in [0, 0.1) is 0 Å². The Kier molecular flexibility index (Phi) is 3.01. The molecule has 1 aromatic heterocycles. The van der Waals surface area contributed by atoms with Crippen LogP contribution in [0.25, 0.3) is 43.7 Å². The SMILES string of the molecule is Brc1cc2[nH]c3ccccc3c2c2c(Br)cc3c(c12)-c1ccccc1C3. The molecular weight excluding hydrogens is 450 g/mol. The molecule has 4 aromatic carbocycles. The van der Waals surface area contributed by atoms with Crippen LogP contribution in [0.2, 0.25) is 0 Å². The summed E-state index contributed by atoms with van der Waals surface area (Å²) in [6.07, 6.45) is 0.998. The third-order valence-corrected chi connectivity index (χ3v) is 6.77. The molecule has 0 amide bonds. The van der Waals surface area contributed by atoms with Crippen molar-refractivity contribution in [1.29, 1.82) is 0 Å². The van der Waals surface area contributed by atoms with Crippen molar-refractivity contribution >= 4 is 64.4 Å². The van der Waals surface area contributed by atoms with Crippen molar-refractivity contribution in [2.45, 2.75) is 6.42 Å². The molecular formula is C23H13Br2N. The van der Waals surface area contributed by atoms with Crippen LogP contribution < -0.4 is 0 Å². The van der Waals surface area contributed by atoms with E-state index < -0.39 is 0 Å². The van der Waals surface area contributed by atoms with Gasteiger partial charge in [0.2, 0.25) is 0 Å². The Balaban J connectivity index is 1.91. The van der Waals surface area contributed by atoms with Crippen molar-refractivity contribution in [3.63, 3.8) is 0 Å². The number of halogens is 2. The maximum absolute atomic E-state index is 3.89. The number of H-pyrrole nitrogens is 1. The number of benzene rings is 4. The number of hydrogen-bond acceptors (Lipinski definition) is 0. The van der Waals surface area contributed by atoms with Crippen molar-refractivity contribution in [3.05, 3.63) is 80.7 Å². The molecule has 1 nitrogen and oxygen atoms in total. The zero-order valence-corrected chi connectivity index (χ0v) is 16.9. The number of aromatic nitrogens is 1. The van der Waals surface area contributed by atoms with Gasteiger partial charge in [-0.25, -0.2) is 0 Å². The topological polar surface area (TPSA) is 15.8 Å². The molecule has 0 aliphatic heterocycles. The highest BCUT2D eigenvalue weighted by Gasteiger charge is 2.25. The van der Waals surface area contributed by atoms with E-state index in [2.05, 4.69) is 97.5 Å². The van der Waals surface area contributed by atoms with E-state index in [4.69, 9.17) is 0 Å². The molecule has 0 saturated heterocycles. The molecule has 0 unspecified atom stereocenters. The lowest BCUT2D eigenvalue weighted by molar-refractivity contribution is 1.26. The van der Waals surface area contributed by atoms with E-state index in [0.717, 1.165) is 20.9 Å². The first kappa shape index (κ1) is 15.0. The molecule has 0 radical (unpaired) electrons. The number of hydrogen-bond donors (Lipinski definition) is 1. The van der Waals surface area contributed by atoms with E-state index in [1.54, 1.807) is 0 Å². The molecule has 1 N–H and O–H groups in total. The van der Waals surface area contributed by atoms with Gasteiger partial charge in [0, 0.05) is 41.5 Å². The molecule has 0 spiro atoms. The summed E-state index contributed by atoms with van der Waals surface area (Å²) in [7, 11) is 0. The predicted molar refractivity (Wildman–Crippen MR) is 117 cm³/mol. The highest BCUT2D eigenvalue weighted by atomic mass is 79.9. The molecule has 6 rings (SSSR count). The van der Waals surface area contributed by atoms with Gasteiger partial charge in [-0.1, -0.05) is 74.3 Å². The summed E-state index contributed by atoms with van der Waals surface area (Å²) in [4.78, 5) is 3.57. The van der Waals surface area contributed by atoms with E-state index in [1.807, 2.05) is 0 Å². The van der Waals surface area contributed by atoms with Crippen LogP contribution in [0.1, 0.15) is 11.1 Å². The minimum Gasteiger partial charge on any atom is -0.354 e. The summed E-state index contributed by atoms with van der Waals surface area (Å²) in [5.74, 6) is 0. The number of fused-ring (bicyclic) bond motifs is 9. The lowest BCUT2D eigenvalue weighted by Crippen LogP contribution is -1.87. The second-order valence-electron chi connectivity index (χ2n) is 6.93. The fourth-order valence-corrected chi connectivity index (χ4v) is 5.79. The van der Waals surface area contributed by atoms with Gasteiger partial charge in [-0.2, -0.15) is 0 Å². The molecule has 26 heavy (non-hydrogen) atoms. The number of rotatable bonds is 0. The van der Waals surface area contributed by atoms with Crippen LogP contribution >= 0.6 is 31.9 Å². The third kappa shape index (κ3) is 1.85.